The van der Waals surface area contributed by atoms with E-state index in [4.69, 9.17) is 9.47 Å². The average Bonchev–Trinajstić information content (AvgIpc) is 3.19. The number of hydrogen-bond acceptors (Lipinski definition) is 6. The number of nitrogens with zero attached hydrogens (tertiary/aromatic N) is 2. The summed E-state index contributed by atoms with van der Waals surface area (Å²) in [6.45, 7) is 0. The number of ketones is 1. The largest absolute Gasteiger partial charge is 0.493 e. The summed E-state index contributed by atoms with van der Waals surface area (Å²) in [4.78, 5) is 17.0. The zero-order valence-corrected chi connectivity index (χ0v) is 15.7. The number of ether oxygens (including phenoxy) is 2. The first-order valence-electron chi connectivity index (χ1n) is 8.05. The predicted octanol–water partition coefficient (Wildman–Crippen LogP) is 4.60. The third-order valence-corrected chi connectivity index (χ3v) is 4.95. The fourth-order valence-electron chi connectivity index (χ4n) is 2.59. The Hall–Kier alpha value is -3.31. The Bertz CT molecular complexity index is 1080. The van der Waals surface area contributed by atoms with Gasteiger partial charge in [0.1, 0.15) is 5.01 Å². The van der Waals surface area contributed by atoms with Crippen molar-refractivity contribution in [2.45, 2.75) is 5.92 Å². The molecular weight excluding hydrogens is 386 g/mol. The quantitative estimate of drug-likeness (QED) is 0.566. The number of thiazole rings is 1. The highest BCUT2D eigenvalue weighted by Gasteiger charge is 2.26. The molecule has 1 heterocycles. The molecule has 0 aliphatic heterocycles. The molecule has 8 heteroatoms. The standard InChI is InChI=1S/C20H14F2N2O3S/c1-26-17-6-4-11(8-18(17)27-2)16-10-28-20(24-16)13(9-23)19(25)12-3-5-14(21)15(22)7-12/h3-8,10,13H,1-2H3. The van der Waals surface area contributed by atoms with Gasteiger partial charge in [0.15, 0.2) is 34.8 Å². The Labute approximate surface area is 163 Å². The normalized spacial score (nSPS) is 11.5. The van der Waals surface area contributed by atoms with E-state index >= 15 is 0 Å². The minimum Gasteiger partial charge on any atom is -0.493 e. The second kappa shape index (κ2) is 8.15. The third kappa shape index (κ3) is 3.70. The number of carbonyl (C=O) groups excluding carboxylic acids is 1. The summed E-state index contributed by atoms with van der Waals surface area (Å²) in [5, 5.41) is 11.4. The molecule has 0 bridgehead atoms. The van der Waals surface area contributed by atoms with Crippen LogP contribution in [0.5, 0.6) is 11.5 Å². The lowest BCUT2D eigenvalue weighted by Gasteiger charge is -2.08. The lowest BCUT2D eigenvalue weighted by molar-refractivity contribution is 0.0978. The number of aromatic nitrogens is 1. The minimum absolute atomic E-state index is 0.0895. The summed E-state index contributed by atoms with van der Waals surface area (Å²) in [6, 6.07) is 9.91. The SMILES string of the molecule is COc1ccc(-c2csc(C(C#N)C(=O)c3ccc(F)c(F)c3)n2)cc1OC. The van der Waals surface area contributed by atoms with E-state index in [2.05, 4.69) is 4.98 Å². The molecule has 0 aliphatic rings. The van der Waals surface area contributed by atoms with Gasteiger partial charge in [-0.15, -0.1) is 11.3 Å². The predicted molar refractivity (Wildman–Crippen MR) is 99.7 cm³/mol. The van der Waals surface area contributed by atoms with E-state index in [0.717, 1.165) is 35.1 Å². The average molecular weight is 400 g/mol. The van der Waals surface area contributed by atoms with Crippen molar-refractivity contribution in [3.8, 4) is 28.8 Å². The van der Waals surface area contributed by atoms with Crippen LogP contribution in [0.4, 0.5) is 8.78 Å². The molecule has 3 aromatic rings. The van der Waals surface area contributed by atoms with Gasteiger partial charge in [0.2, 0.25) is 0 Å². The molecule has 3 rings (SSSR count). The Morgan fingerprint density at radius 1 is 1.11 bits per heavy atom. The maximum atomic E-state index is 13.4. The smallest absolute Gasteiger partial charge is 0.187 e. The van der Waals surface area contributed by atoms with Crippen LogP contribution in [0, 0.1) is 23.0 Å². The van der Waals surface area contributed by atoms with Gasteiger partial charge in [-0.2, -0.15) is 5.26 Å². The first-order chi connectivity index (χ1) is 13.5. The summed E-state index contributed by atoms with van der Waals surface area (Å²) in [7, 11) is 3.04. The van der Waals surface area contributed by atoms with Crippen LogP contribution in [0.25, 0.3) is 11.3 Å². The van der Waals surface area contributed by atoms with E-state index in [-0.39, 0.29) is 10.6 Å². The van der Waals surface area contributed by atoms with Crippen LogP contribution >= 0.6 is 11.3 Å². The van der Waals surface area contributed by atoms with Crippen molar-refractivity contribution in [2.75, 3.05) is 14.2 Å². The van der Waals surface area contributed by atoms with Crippen LogP contribution in [0.15, 0.2) is 41.8 Å². The van der Waals surface area contributed by atoms with E-state index in [0.29, 0.717) is 17.2 Å². The van der Waals surface area contributed by atoms with E-state index in [1.807, 2.05) is 6.07 Å². The Morgan fingerprint density at radius 2 is 1.86 bits per heavy atom. The van der Waals surface area contributed by atoms with Gasteiger partial charge in [-0.25, -0.2) is 13.8 Å². The molecule has 1 atom stereocenters. The number of nitriles is 1. The highest BCUT2D eigenvalue weighted by Crippen LogP contribution is 2.34. The Balaban J connectivity index is 1.92. The number of rotatable bonds is 6. The molecule has 0 fully saturated rings. The maximum Gasteiger partial charge on any atom is 0.187 e. The fraction of sp³-hybridized carbons (Fsp3) is 0.150. The molecule has 5 nitrogen and oxygen atoms in total. The number of methoxy groups -OCH3 is 2. The topological polar surface area (TPSA) is 72.2 Å². The maximum absolute atomic E-state index is 13.4. The van der Waals surface area contributed by atoms with E-state index in [1.165, 1.54) is 14.2 Å². The number of halogens is 2. The van der Waals surface area contributed by atoms with Crippen molar-refractivity contribution >= 4 is 17.1 Å². The molecule has 0 spiro atoms. The van der Waals surface area contributed by atoms with Crippen LogP contribution < -0.4 is 9.47 Å². The van der Waals surface area contributed by atoms with Crippen molar-refractivity contribution in [3.05, 3.63) is 64.0 Å². The second-order valence-electron chi connectivity index (χ2n) is 5.70. The van der Waals surface area contributed by atoms with Gasteiger partial charge in [0, 0.05) is 16.5 Å². The van der Waals surface area contributed by atoms with Crippen LogP contribution in [0.1, 0.15) is 21.3 Å². The molecule has 1 aromatic heterocycles. The van der Waals surface area contributed by atoms with Crippen LogP contribution in [-0.4, -0.2) is 25.0 Å². The van der Waals surface area contributed by atoms with Gasteiger partial charge < -0.3 is 9.47 Å². The monoisotopic (exact) mass is 400 g/mol. The number of hydrogen-bond donors (Lipinski definition) is 0. The first-order valence-corrected chi connectivity index (χ1v) is 8.93. The highest BCUT2D eigenvalue weighted by molar-refractivity contribution is 7.10. The van der Waals surface area contributed by atoms with Crippen molar-refractivity contribution < 1.29 is 23.0 Å². The zero-order chi connectivity index (χ0) is 20.3. The summed E-state index contributed by atoms with van der Waals surface area (Å²) in [5.41, 5.74) is 1.18. The summed E-state index contributed by atoms with van der Waals surface area (Å²) in [6.07, 6.45) is 0. The van der Waals surface area contributed by atoms with Gasteiger partial charge in [-0.1, -0.05) is 0 Å². The van der Waals surface area contributed by atoms with Crippen LogP contribution in [-0.2, 0) is 0 Å². The molecule has 0 saturated carbocycles. The molecular formula is C20H14F2N2O3S. The van der Waals surface area contributed by atoms with Gasteiger partial charge in [0.05, 0.1) is 26.0 Å². The van der Waals surface area contributed by atoms with Crippen LogP contribution in [0.3, 0.4) is 0 Å². The van der Waals surface area contributed by atoms with Crippen molar-refractivity contribution in [1.29, 1.82) is 5.26 Å². The molecule has 0 radical (unpaired) electrons. The zero-order valence-electron chi connectivity index (χ0n) is 14.9. The lowest BCUT2D eigenvalue weighted by Crippen LogP contribution is -2.11. The molecule has 142 valence electrons. The third-order valence-electron chi connectivity index (χ3n) is 4.04. The summed E-state index contributed by atoms with van der Waals surface area (Å²) < 4.78 is 37.0. The second-order valence-corrected chi connectivity index (χ2v) is 6.59. The molecule has 0 amide bonds. The number of carbonyl (C=O) groups is 1. The minimum atomic E-state index is -1.22. The highest BCUT2D eigenvalue weighted by atomic mass is 32.1. The Morgan fingerprint density at radius 3 is 2.50 bits per heavy atom. The van der Waals surface area contributed by atoms with E-state index in [1.54, 1.807) is 23.6 Å². The number of benzene rings is 2. The van der Waals surface area contributed by atoms with Crippen LogP contribution in [0.2, 0.25) is 0 Å². The van der Waals surface area contributed by atoms with E-state index < -0.39 is 23.3 Å². The van der Waals surface area contributed by atoms with Gasteiger partial charge >= 0.3 is 0 Å². The molecule has 0 saturated heterocycles. The van der Waals surface area contributed by atoms with Crippen molar-refractivity contribution in [1.82, 2.24) is 4.98 Å². The van der Waals surface area contributed by atoms with Crippen molar-refractivity contribution in [2.24, 2.45) is 0 Å². The number of Topliss-reactive ketones (excluding diaryl/α,β-unsaturated/α-hetero) is 1. The summed E-state index contributed by atoms with van der Waals surface area (Å²) >= 11 is 1.14. The van der Waals surface area contributed by atoms with Gasteiger partial charge in [-0.3, -0.25) is 4.79 Å². The molecule has 1 unspecified atom stereocenters. The van der Waals surface area contributed by atoms with Crippen molar-refractivity contribution in [3.63, 3.8) is 0 Å². The summed E-state index contributed by atoms with van der Waals surface area (Å²) in [5.74, 6) is -2.99. The molecule has 2 aromatic carbocycles. The molecule has 28 heavy (non-hydrogen) atoms. The Kier molecular flexibility index (Phi) is 5.66. The lowest BCUT2D eigenvalue weighted by atomic mass is 9.99. The van der Waals surface area contributed by atoms with E-state index in [9.17, 15) is 18.8 Å². The molecule has 0 N–H and O–H groups in total. The first kappa shape index (κ1) is 19.5. The fourth-order valence-corrected chi connectivity index (χ4v) is 3.46. The van der Waals surface area contributed by atoms with Gasteiger partial charge in [0.25, 0.3) is 0 Å². The van der Waals surface area contributed by atoms with Gasteiger partial charge in [-0.05, 0) is 36.4 Å². The molecule has 0 aliphatic carbocycles.